The van der Waals surface area contributed by atoms with Crippen LogP contribution in [0.4, 0.5) is 20.6 Å². The van der Waals surface area contributed by atoms with Gasteiger partial charge in [0, 0.05) is 27.5 Å². The number of hydrogen-bond acceptors (Lipinski definition) is 8. The minimum Gasteiger partial charge on any atom is -0.471 e. The molecule has 206 valence electrons. The zero-order valence-electron chi connectivity index (χ0n) is 21.6. The van der Waals surface area contributed by atoms with E-state index in [1.165, 1.54) is 0 Å². The van der Waals surface area contributed by atoms with Crippen molar-refractivity contribution in [1.29, 1.82) is 0 Å². The largest absolute Gasteiger partial charge is 0.471 e. The van der Waals surface area contributed by atoms with E-state index in [4.69, 9.17) is 9.47 Å². The second-order valence-corrected chi connectivity index (χ2v) is 13.2. The molecule has 4 heterocycles. The molecule has 1 amide bonds. The molecular formula is C25H30BrFIN5O5. The first-order chi connectivity index (χ1) is 17.9. The van der Waals surface area contributed by atoms with Gasteiger partial charge in [-0.1, -0.05) is 0 Å². The van der Waals surface area contributed by atoms with Crippen LogP contribution in [-0.4, -0.2) is 76.3 Å². The van der Waals surface area contributed by atoms with E-state index in [0.717, 1.165) is 25.8 Å². The highest BCUT2D eigenvalue weighted by Gasteiger charge is 2.55. The average Bonchev–Trinajstić information content (AvgIpc) is 3.53. The predicted octanol–water partition coefficient (Wildman–Crippen LogP) is 5.54. The van der Waals surface area contributed by atoms with E-state index in [2.05, 4.69) is 31.1 Å². The van der Waals surface area contributed by atoms with E-state index in [-0.39, 0.29) is 57.9 Å². The molecule has 1 saturated carbocycles. The number of anilines is 1. The van der Waals surface area contributed by atoms with Crippen LogP contribution >= 0.6 is 38.5 Å². The van der Waals surface area contributed by atoms with Gasteiger partial charge in [-0.25, -0.2) is 14.2 Å². The molecule has 1 aliphatic carbocycles. The number of likely N-dealkylation sites (tertiary alicyclic amines) is 1. The summed E-state index contributed by atoms with van der Waals surface area (Å²) in [4.78, 5) is 32.8. The van der Waals surface area contributed by atoms with Crippen LogP contribution in [0.5, 0.6) is 5.88 Å². The van der Waals surface area contributed by atoms with Gasteiger partial charge in [0.1, 0.15) is 23.4 Å². The summed E-state index contributed by atoms with van der Waals surface area (Å²) in [7, 11) is 1.98. The van der Waals surface area contributed by atoms with E-state index in [0.29, 0.717) is 15.5 Å². The minimum atomic E-state index is -0.631. The summed E-state index contributed by atoms with van der Waals surface area (Å²) in [6.45, 7) is 7.06. The van der Waals surface area contributed by atoms with E-state index in [1.54, 1.807) is 11.0 Å². The summed E-state index contributed by atoms with van der Waals surface area (Å²) in [5, 5.41) is 16.0. The van der Waals surface area contributed by atoms with Crippen LogP contribution in [0.3, 0.4) is 0 Å². The molecule has 2 aromatic rings. The van der Waals surface area contributed by atoms with Crippen molar-refractivity contribution in [3.05, 3.63) is 30.0 Å². The molecule has 1 N–H and O–H groups in total. The van der Waals surface area contributed by atoms with Crippen molar-refractivity contribution in [3.63, 3.8) is 0 Å². The van der Waals surface area contributed by atoms with Crippen molar-refractivity contribution in [3.8, 4) is 5.88 Å². The summed E-state index contributed by atoms with van der Waals surface area (Å²) < 4.78 is 27.7. The predicted molar refractivity (Wildman–Crippen MR) is 152 cm³/mol. The summed E-state index contributed by atoms with van der Waals surface area (Å²) in [6, 6.07) is 1.34. The van der Waals surface area contributed by atoms with Crippen LogP contribution in [0.2, 0.25) is 0 Å². The normalized spacial score (nSPS) is 25.0. The average molecular weight is 706 g/mol. The maximum atomic E-state index is 15.4. The number of pyridine rings is 1. The number of halogens is 3. The molecule has 13 heteroatoms. The van der Waals surface area contributed by atoms with Crippen molar-refractivity contribution >= 4 is 66.9 Å². The maximum absolute atomic E-state index is 15.4. The number of amides is 1. The third kappa shape index (κ3) is 5.01. The Morgan fingerprint density at radius 2 is 2.16 bits per heavy atom. The first kappa shape index (κ1) is 27.6. The number of fused-ring (bicyclic) bond motifs is 2. The van der Waals surface area contributed by atoms with Crippen LogP contribution < -0.4 is 10.1 Å². The lowest BCUT2D eigenvalue weighted by molar-refractivity contribution is -0.385. The zero-order valence-corrected chi connectivity index (χ0v) is 25.3. The van der Waals surface area contributed by atoms with Gasteiger partial charge in [0.25, 0.3) is 5.88 Å². The number of rotatable bonds is 6. The Balaban J connectivity index is 1.53. The van der Waals surface area contributed by atoms with Crippen LogP contribution in [0.15, 0.2) is 10.5 Å². The molecule has 4 atom stereocenters. The fourth-order valence-electron chi connectivity index (χ4n) is 5.59. The lowest BCUT2D eigenvalue weighted by Crippen LogP contribution is -2.50. The number of benzene rings is 1. The van der Waals surface area contributed by atoms with Gasteiger partial charge in [-0.3, -0.25) is 10.1 Å². The Hall–Kier alpha value is -2.00. The lowest BCUT2D eigenvalue weighted by atomic mass is 9.79. The Kier molecular flexibility index (Phi) is 7.39. The zero-order chi connectivity index (χ0) is 27.5. The number of hydrogen-bond donors (Lipinski definition) is 1. The molecule has 2 unspecified atom stereocenters. The SMILES string of the molecule is CN1CCC[C@H]1COc1nc2c(F)c(Br)c(I)cc2c(N[C@H]2C3CC2N(C(=O)OC(C)(C)C)C3)c1[N+](=O)[O-]. The van der Waals surface area contributed by atoms with Crippen LogP contribution in [-0.2, 0) is 4.74 Å². The van der Waals surface area contributed by atoms with Gasteiger partial charge in [-0.2, -0.15) is 0 Å². The van der Waals surface area contributed by atoms with E-state index in [9.17, 15) is 14.9 Å². The van der Waals surface area contributed by atoms with Crippen molar-refractivity contribution in [2.45, 2.75) is 63.8 Å². The van der Waals surface area contributed by atoms with Gasteiger partial charge in [-0.15, -0.1) is 0 Å². The van der Waals surface area contributed by atoms with Crippen LogP contribution in [0, 0.1) is 25.4 Å². The molecule has 3 saturated heterocycles. The van der Waals surface area contributed by atoms with E-state index < -0.39 is 22.4 Å². The van der Waals surface area contributed by atoms with Crippen LogP contribution in [0.1, 0.15) is 40.0 Å². The molecular weight excluding hydrogens is 676 g/mol. The van der Waals surface area contributed by atoms with Gasteiger partial charge in [0.05, 0.1) is 21.5 Å². The van der Waals surface area contributed by atoms with Gasteiger partial charge in [-0.05, 0) is 98.2 Å². The van der Waals surface area contributed by atoms with Gasteiger partial charge < -0.3 is 24.6 Å². The third-order valence-corrected chi connectivity index (χ3v) is 9.93. The highest BCUT2D eigenvalue weighted by atomic mass is 127. The Labute approximate surface area is 242 Å². The quantitative estimate of drug-likeness (QED) is 0.181. The first-order valence-corrected chi connectivity index (χ1v) is 14.5. The molecule has 4 aliphatic rings. The molecule has 1 aromatic heterocycles. The Morgan fingerprint density at radius 1 is 1.42 bits per heavy atom. The molecule has 6 rings (SSSR count). The number of nitrogens with zero attached hydrogens (tertiary/aromatic N) is 4. The number of carbonyl (C=O) groups is 1. The second kappa shape index (κ2) is 10.2. The van der Waals surface area contributed by atoms with Gasteiger partial charge in [0.15, 0.2) is 5.82 Å². The number of aromatic nitrogens is 1. The summed E-state index contributed by atoms with van der Waals surface area (Å²) in [5.41, 5.74) is -0.819. The standard InChI is InChI=1S/C25H30BrFIN5O5/c1-25(2,3)38-24(34)32-10-12-8-16(32)19(12)29-21-14-9-15(28)17(26)18(27)20(14)30-23(22(21)33(35)36)37-11-13-6-5-7-31(13)4/h9,12-13,16,19H,5-8,10-11H2,1-4H3,(H,29,30)/t12?,13-,16?,19-/m0/s1. The Morgan fingerprint density at radius 3 is 2.79 bits per heavy atom. The molecule has 3 aliphatic heterocycles. The number of carbonyl (C=O) groups excluding carboxylic acids is 1. The topological polar surface area (TPSA) is 110 Å². The third-order valence-electron chi connectivity index (χ3n) is 7.56. The van der Waals surface area contributed by atoms with Crippen molar-refractivity contribution in [2.75, 3.05) is 32.1 Å². The second-order valence-electron chi connectivity index (χ2n) is 11.2. The van der Waals surface area contributed by atoms with Gasteiger partial charge >= 0.3 is 11.8 Å². The highest BCUT2D eigenvalue weighted by Crippen LogP contribution is 2.48. The number of nitro groups is 1. The van der Waals surface area contributed by atoms with Crippen molar-refractivity contribution < 1.29 is 23.6 Å². The molecule has 0 radical (unpaired) electrons. The maximum Gasteiger partial charge on any atom is 0.410 e. The molecule has 0 spiro atoms. The monoisotopic (exact) mass is 705 g/mol. The summed E-state index contributed by atoms with van der Waals surface area (Å²) >= 11 is 5.25. The molecule has 4 fully saturated rings. The highest BCUT2D eigenvalue weighted by molar-refractivity contribution is 14.1. The molecule has 2 bridgehead atoms. The van der Waals surface area contributed by atoms with Gasteiger partial charge in [0.2, 0.25) is 0 Å². The van der Waals surface area contributed by atoms with Crippen LogP contribution in [0.25, 0.3) is 10.9 Å². The molecule has 10 nitrogen and oxygen atoms in total. The molecule has 1 aromatic carbocycles. The summed E-state index contributed by atoms with van der Waals surface area (Å²) in [5.74, 6) is -0.737. The Bertz CT molecular complexity index is 1310. The minimum absolute atomic E-state index is 0.0177. The lowest BCUT2D eigenvalue weighted by Gasteiger charge is -2.38. The van der Waals surface area contributed by atoms with Crippen molar-refractivity contribution in [1.82, 2.24) is 14.8 Å². The fourth-order valence-corrected chi connectivity index (χ4v) is 6.44. The fraction of sp³-hybridized carbons (Fsp3) is 0.600. The van der Waals surface area contributed by atoms with E-state index >= 15 is 4.39 Å². The smallest absolute Gasteiger partial charge is 0.410 e. The number of nitrogens with one attached hydrogen (secondary N) is 1. The first-order valence-electron chi connectivity index (χ1n) is 12.6. The van der Waals surface area contributed by atoms with Crippen molar-refractivity contribution in [2.24, 2.45) is 5.92 Å². The number of ether oxygens (including phenoxy) is 2. The van der Waals surface area contributed by atoms with E-state index in [1.807, 2.05) is 50.4 Å². The molecule has 38 heavy (non-hydrogen) atoms. The summed E-state index contributed by atoms with van der Waals surface area (Å²) in [6.07, 6.45) is 2.29. The number of likely N-dealkylation sites (N-methyl/N-ethyl adjacent to an activating group) is 1.